The summed E-state index contributed by atoms with van der Waals surface area (Å²) in [5.41, 5.74) is 0. The largest absolute Gasteiger partial charge is 0.495 e. The van der Waals surface area contributed by atoms with E-state index in [1.165, 1.54) is 6.92 Å². The van der Waals surface area contributed by atoms with Gasteiger partial charge in [0.1, 0.15) is 12.2 Å². The molecule has 0 saturated carbocycles. The summed E-state index contributed by atoms with van der Waals surface area (Å²) in [6, 6.07) is 0. The molecule has 0 amide bonds. The molecular formula is C14H26O4Si. The first-order chi connectivity index (χ1) is 8.54. The molecule has 19 heavy (non-hydrogen) atoms. The van der Waals surface area contributed by atoms with Gasteiger partial charge in [0.25, 0.3) is 0 Å². The maximum absolute atomic E-state index is 11.2. The van der Waals surface area contributed by atoms with Gasteiger partial charge in [-0.2, -0.15) is 0 Å². The number of rotatable bonds is 3. The third kappa shape index (κ3) is 4.08. The highest BCUT2D eigenvalue weighted by atomic mass is 28.4. The van der Waals surface area contributed by atoms with Crippen LogP contribution in [0, 0.1) is 0 Å². The number of ether oxygens (including phenoxy) is 2. The zero-order chi connectivity index (χ0) is 14.8. The Morgan fingerprint density at radius 1 is 1.32 bits per heavy atom. The van der Waals surface area contributed by atoms with Crippen molar-refractivity contribution in [2.24, 2.45) is 0 Å². The summed E-state index contributed by atoms with van der Waals surface area (Å²) in [7, 11) is -1.91. The number of hydrogen-bond donors (Lipinski definition) is 0. The molecule has 0 unspecified atom stereocenters. The van der Waals surface area contributed by atoms with E-state index in [-0.39, 0.29) is 29.3 Å². The Balaban J connectivity index is 2.87. The van der Waals surface area contributed by atoms with Gasteiger partial charge in [0.2, 0.25) is 0 Å². The lowest BCUT2D eigenvalue weighted by atomic mass is 10.1. The Morgan fingerprint density at radius 3 is 2.37 bits per heavy atom. The Hall–Kier alpha value is -0.813. The molecule has 5 heteroatoms. The van der Waals surface area contributed by atoms with Crippen LogP contribution in [-0.2, 0) is 18.7 Å². The first-order valence-electron chi connectivity index (χ1n) is 6.72. The standard InChI is InChI=1S/C14H26O4Si/c1-10-13(17-11(2)15)12(8-9-16-10)18-19(6,7)14(3,4)5/h8-10,12-13H,1-7H3/t10-,12-,13-/m0/s1. The summed E-state index contributed by atoms with van der Waals surface area (Å²) in [6.45, 7) is 14.2. The molecule has 1 aliphatic rings. The van der Waals surface area contributed by atoms with Crippen molar-refractivity contribution >= 4 is 14.3 Å². The summed E-state index contributed by atoms with van der Waals surface area (Å²) in [4.78, 5) is 11.2. The van der Waals surface area contributed by atoms with Gasteiger partial charge in [-0.25, -0.2) is 0 Å². The number of esters is 1. The van der Waals surface area contributed by atoms with E-state index in [1.807, 2.05) is 13.0 Å². The minimum atomic E-state index is -1.91. The Morgan fingerprint density at radius 2 is 1.89 bits per heavy atom. The fourth-order valence-electron chi connectivity index (χ4n) is 1.68. The zero-order valence-corrected chi connectivity index (χ0v) is 14.0. The minimum Gasteiger partial charge on any atom is -0.495 e. The predicted octanol–water partition coefficient (Wildman–Crippen LogP) is 3.24. The average molecular weight is 286 g/mol. The van der Waals surface area contributed by atoms with Gasteiger partial charge in [-0.15, -0.1) is 0 Å². The van der Waals surface area contributed by atoms with E-state index in [9.17, 15) is 4.79 Å². The molecule has 110 valence electrons. The summed E-state index contributed by atoms with van der Waals surface area (Å²) in [5.74, 6) is -0.306. The molecule has 0 aromatic rings. The van der Waals surface area contributed by atoms with Crippen molar-refractivity contribution < 1.29 is 18.7 Å². The third-order valence-corrected chi connectivity index (χ3v) is 8.36. The van der Waals surface area contributed by atoms with Gasteiger partial charge >= 0.3 is 5.97 Å². The molecule has 0 spiro atoms. The highest BCUT2D eigenvalue weighted by Crippen LogP contribution is 2.38. The summed E-state index contributed by atoms with van der Waals surface area (Å²) < 4.78 is 17.1. The molecular weight excluding hydrogens is 260 g/mol. The van der Waals surface area contributed by atoms with E-state index >= 15 is 0 Å². The van der Waals surface area contributed by atoms with E-state index in [2.05, 4.69) is 33.9 Å². The highest BCUT2D eigenvalue weighted by molar-refractivity contribution is 6.74. The minimum absolute atomic E-state index is 0.114. The molecule has 0 saturated heterocycles. The van der Waals surface area contributed by atoms with Crippen molar-refractivity contribution in [2.45, 2.75) is 71.1 Å². The fraction of sp³-hybridized carbons (Fsp3) is 0.786. The van der Waals surface area contributed by atoms with Crippen LogP contribution in [0.25, 0.3) is 0 Å². The number of carbonyl (C=O) groups excluding carboxylic acids is 1. The second kappa shape index (κ2) is 5.67. The van der Waals surface area contributed by atoms with E-state index in [0.29, 0.717) is 0 Å². The molecule has 0 aromatic carbocycles. The van der Waals surface area contributed by atoms with Crippen LogP contribution < -0.4 is 0 Å². The molecule has 0 aromatic heterocycles. The van der Waals surface area contributed by atoms with Crippen molar-refractivity contribution in [1.82, 2.24) is 0 Å². The van der Waals surface area contributed by atoms with Crippen LogP contribution in [0.3, 0.4) is 0 Å². The highest BCUT2D eigenvalue weighted by Gasteiger charge is 2.43. The number of carbonyl (C=O) groups is 1. The van der Waals surface area contributed by atoms with Crippen molar-refractivity contribution in [3.05, 3.63) is 12.3 Å². The quantitative estimate of drug-likeness (QED) is 0.590. The molecule has 0 aliphatic carbocycles. The lowest BCUT2D eigenvalue weighted by molar-refractivity contribution is -0.159. The van der Waals surface area contributed by atoms with Crippen molar-refractivity contribution in [3.63, 3.8) is 0 Å². The smallest absolute Gasteiger partial charge is 0.303 e. The van der Waals surface area contributed by atoms with E-state index < -0.39 is 8.32 Å². The Kier molecular flexibility index (Phi) is 4.85. The van der Waals surface area contributed by atoms with Gasteiger partial charge in [-0.3, -0.25) is 4.79 Å². The summed E-state index contributed by atoms with van der Waals surface area (Å²) in [6.07, 6.45) is 2.69. The Labute approximate surface area is 117 Å². The molecule has 0 bridgehead atoms. The van der Waals surface area contributed by atoms with Crippen LogP contribution in [0.5, 0.6) is 0 Å². The van der Waals surface area contributed by atoms with Crippen molar-refractivity contribution in [2.75, 3.05) is 0 Å². The molecule has 1 rings (SSSR count). The van der Waals surface area contributed by atoms with Gasteiger partial charge in [0, 0.05) is 6.92 Å². The molecule has 4 nitrogen and oxygen atoms in total. The average Bonchev–Trinajstić information content (AvgIpc) is 2.20. The maximum atomic E-state index is 11.2. The Bertz CT molecular complexity index is 357. The summed E-state index contributed by atoms with van der Waals surface area (Å²) >= 11 is 0. The van der Waals surface area contributed by atoms with Gasteiger partial charge in [-0.1, -0.05) is 20.8 Å². The van der Waals surface area contributed by atoms with Crippen LogP contribution >= 0.6 is 0 Å². The normalized spacial score (nSPS) is 27.8. The SMILES string of the molecule is CC(=O)O[C@H]1[C@H](C)OC=C[C@@H]1O[Si](C)(C)C(C)(C)C. The predicted molar refractivity (Wildman–Crippen MR) is 77.3 cm³/mol. The molecule has 3 atom stereocenters. The van der Waals surface area contributed by atoms with Gasteiger partial charge in [-0.05, 0) is 31.1 Å². The molecule has 0 fully saturated rings. The van der Waals surface area contributed by atoms with Crippen LogP contribution in [0.4, 0.5) is 0 Å². The first kappa shape index (κ1) is 16.2. The van der Waals surface area contributed by atoms with Gasteiger partial charge in [0.05, 0.1) is 6.26 Å². The second-order valence-corrected chi connectivity index (χ2v) is 11.3. The van der Waals surface area contributed by atoms with Crippen LogP contribution in [0.2, 0.25) is 18.1 Å². The maximum Gasteiger partial charge on any atom is 0.303 e. The van der Waals surface area contributed by atoms with Crippen LogP contribution in [0.15, 0.2) is 12.3 Å². The van der Waals surface area contributed by atoms with Crippen molar-refractivity contribution in [3.8, 4) is 0 Å². The molecule has 0 N–H and O–H groups in total. The first-order valence-corrected chi connectivity index (χ1v) is 9.62. The lowest BCUT2D eigenvalue weighted by Crippen LogP contribution is -2.51. The van der Waals surface area contributed by atoms with E-state index in [0.717, 1.165) is 0 Å². The monoisotopic (exact) mass is 286 g/mol. The van der Waals surface area contributed by atoms with E-state index in [1.54, 1.807) is 6.26 Å². The van der Waals surface area contributed by atoms with Crippen molar-refractivity contribution in [1.29, 1.82) is 0 Å². The zero-order valence-electron chi connectivity index (χ0n) is 13.0. The molecule has 1 heterocycles. The topological polar surface area (TPSA) is 44.8 Å². The van der Waals surface area contributed by atoms with E-state index in [4.69, 9.17) is 13.9 Å². The van der Waals surface area contributed by atoms with Gasteiger partial charge in [0.15, 0.2) is 14.4 Å². The number of hydrogen-bond acceptors (Lipinski definition) is 4. The fourth-order valence-corrected chi connectivity index (χ4v) is 2.93. The second-order valence-electron chi connectivity index (χ2n) is 6.59. The third-order valence-electron chi connectivity index (χ3n) is 3.89. The molecule has 0 radical (unpaired) electrons. The van der Waals surface area contributed by atoms with Crippen LogP contribution in [0.1, 0.15) is 34.6 Å². The lowest BCUT2D eigenvalue weighted by Gasteiger charge is -2.42. The summed E-state index contributed by atoms with van der Waals surface area (Å²) in [5, 5.41) is 0.114. The van der Waals surface area contributed by atoms with Crippen LogP contribution in [-0.4, -0.2) is 32.6 Å². The van der Waals surface area contributed by atoms with Gasteiger partial charge < -0.3 is 13.9 Å². The molecule has 1 aliphatic heterocycles.